The number of ether oxygens (including phenoxy) is 2. The fourth-order valence-electron chi connectivity index (χ4n) is 1.93. The third-order valence-corrected chi connectivity index (χ3v) is 2.99. The number of aromatic hydroxyl groups is 1. The minimum absolute atomic E-state index is 0.185. The zero-order valence-corrected chi connectivity index (χ0v) is 11.9. The normalized spacial score (nSPS) is 10.6. The lowest BCUT2D eigenvalue weighted by molar-refractivity contribution is 0.104. The fourth-order valence-corrected chi connectivity index (χ4v) is 1.93. The summed E-state index contributed by atoms with van der Waals surface area (Å²) in [5.41, 5.74) is 1.20. The second-order valence-electron chi connectivity index (χ2n) is 4.33. The first-order valence-electron chi connectivity index (χ1n) is 6.38. The van der Waals surface area contributed by atoms with Gasteiger partial charge in [-0.25, -0.2) is 0 Å². The first-order chi connectivity index (χ1) is 10.2. The molecular weight excluding hydrogens is 268 g/mol. The highest BCUT2D eigenvalue weighted by atomic mass is 16.5. The van der Waals surface area contributed by atoms with Crippen LogP contribution in [0.1, 0.15) is 15.9 Å². The van der Waals surface area contributed by atoms with Gasteiger partial charge in [-0.05, 0) is 35.9 Å². The van der Waals surface area contributed by atoms with Gasteiger partial charge in [-0.2, -0.15) is 0 Å². The topological polar surface area (TPSA) is 55.8 Å². The maximum absolute atomic E-state index is 12.3. The molecule has 0 aliphatic heterocycles. The molecule has 0 amide bonds. The number of allylic oxidation sites excluding steroid dienone is 1. The molecule has 4 heteroatoms. The summed E-state index contributed by atoms with van der Waals surface area (Å²) in [7, 11) is 3.02. The van der Waals surface area contributed by atoms with Crippen LogP contribution in [-0.2, 0) is 0 Å². The van der Waals surface area contributed by atoms with Crippen LogP contribution in [-0.4, -0.2) is 25.1 Å². The van der Waals surface area contributed by atoms with Gasteiger partial charge in [0, 0.05) is 0 Å². The first-order valence-corrected chi connectivity index (χ1v) is 6.38. The van der Waals surface area contributed by atoms with Gasteiger partial charge in [0.1, 0.15) is 22.8 Å². The van der Waals surface area contributed by atoms with E-state index in [1.54, 1.807) is 48.5 Å². The standard InChI is InChI=1S/C17H16O4/c1-20-15-4-3-5-16(21-2)17(15)14(19)11-8-12-6-9-13(18)10-7-12/h3-11,18H,1-2H3/b11-8-. The molecule has 0 unspecified atom stereocenters. The van der Waals surface area contributed by atoms with Crippen LogP contribution in [0.2, 0.25) is 0 Å². The van der Waals surface area contributed by atoms with Crippen LogP contribution < -0.4 is 9.47 Å². The van der Waals surface area contributed by atoms with E-state index in [0.717, 1.165) is 5.56 Å². The lowest BCUT2D eigenvalue weighted by atomic mass is 10.1. The molecule has 0 saturated carbocycles. The van der Waals surface area contributed by atoms with Crippen LogP contribution in [0.25, 0.3) is 6.08 Å². The molecular formula is C17H16O4. The van der Waals surface area contributed by atoms with E-state index in [1.807, 2.05) is 0 Å². The van der Waals surface area contributed by atoms with Gasteiger partial charge in [0.2, 0.25) is 0 Å². The number of ketones is 1. The summed E-state index contributed by atoms with van der Waals surface area (Å²) < 4.78 is 10.4. The molecule has 0 saturated heterocycles. The summed E-state index contributed by atoms with van der Waals surface area (Å²) in [5, 5.41) is 9.22. The zero-order valence-electron chi connectivity index (χ0n) is 11.9. The Balaban J connectivity index is 2.30. The van der Waals surface area contributed by atoms with Crippen molar-refractivity contribution in [3.63, 3.8) is 0 Å². The highest BCUT2D eigenvalue weighted by Crippen LogP contribution is 2.29. The number of benzene rings is 2. The lowest BCUT2D eigenvalue weighted by Crippen LogP contribution is -2.02. The van der Waals surface area contributed by atoms with Gasteiger partial charge < -0.3 is 14.6 Å². The number of methoxy groups -OCH3 is 2. The largest absolute Gasteiger partial charge is 0.508 e. The van der Waals surface area contributed by atoms with Crippen molar-refractivity contribution in [3.8, 4) is 17.2 Å². The van der Waals surface area contributed by atoms with Crippen molar-refractivity contribution < 1.29 is 19.4 Å². The van der Waals surface area contributed by atoms with Crippen molar-refractivity contribution in [2.45, 2.75) is 0 Å². The van der Waals surface area contributed by atoms with E-state index in [1.165, 1.54) is 20.3 Å². The Morgan fingerprint density at radius 2 is 1.57 bits per heavy atom. The monoisotopic (exact) mass is 284 g/mol. The van der Waals surface area contributed by atoms with Gasteiger partial charge in [-0.3, -0.25) is 4.79 Å². The zero-order chi connectivity index (χ0) is 15.2. The molecule has 0 heterocycles. The Morgan fingerprint density at radius 3 is 2.10 bits per heavy atom. The van der Waals surface area contributed by atoms with E-state index >= 15 is 0 Å². The predicted molar refractivity (Wildman–Crippen MR) is 81.0 cm³/mol. The van der Waals surface area contributed by atoms with Crippen LogP contribution in [0.3, 0.4) is 0 Å². The van der Waals surface area contributed by atoms with Gasteiger partial charge in [-0.1, -0.05) is 24.3 Å². The fraction of sp³-hybridized carbons (Fsp3) is 0.118. The lowest BCUT2D eigenvalue weighted by Gasteiger charge is -2.10. The predicted octanol–water partition coefficient (Wildman–Crippen LogP) is 3.31. The van der Waals surface area contributed by atoms with Crippen molar-refractivity contribution >= 4 is 11.9 Å². The third-order valence-electron chi connectivity index (χ3n) is 2.99. The second kappa shape index (κ2) is 6.61. The summed E-state index contributed by atoms with van der Waals surface area (Å²) in [5.74, 6) is 0.909. The van der Waals surface area contributed by atoms with Crippen LogP contribution in [0.5, 0.6) is 17.2 Å². The van der Waals surface area contributed by atoms with E-state index in [2.05, 4.69) is 0 Å². The average molecular weight is 284 g/mol. The molecule has 2 rings (SSSR count). The van der Waals surface area contributed by atoms with Gasteiger partial charge in [0.25, 0.3) is 0 Å². The summed E-state index contributed by atoms with van der Waals surface area (Å²) in [4.78, 5) is 12.3. The molecule has 108 valence electrons. The quantitative estimate of drug-likeness (QED) is 0.676. The number of rotatable bonds is 5. The second-order valence-corrected chi connectivity index (χ2v) is 4.33. The molecule has 4 nitrogen and oxygen atoms in total. The van der Waals surface area contributed by atoms with Crippen molar-refractivity contribution in [1.29, 1.82) is 0 Å². The molecule has 0 aliphatic rings. The summed E-state index contributed by atoms with van der Waals surface area (Å²) in [6, 6.07) is 11.8. The summed E-state index contributed by atoms with van der Waals surface area (Å²) >= 11 is 0. The Morgan fingerprint density at radius 1 is 1.00 bits per heavy atom. The highest BCUT2D eigenvalue weighted by Gasteiger charge is 2.15. The van der Waals surface area contributed by atoms with E-state index in [4.69, 9.17) is 9.47 Å². The van der Waals surface area contributed by atoms with Crippen molar-refractivity contribution in [1.82, 2.24) is 0 Å². The Bertz CT molecular complexity index is 635. The maximum Gasteiger partial charge on any atom is 0.193 e. The first kappa shape index (κ1) is 14.7. The average Bonchev–Trinajstić information content (AvgIpc) is 2.53. The molecule has 0 aromatic heterocycles. The number of carbonyl (C=O) groups excluding carboxylic acids is 1. The minimum atomic E-state index is -0.211. The van der Waals surface area contributed by atoms with E-state index in [0.29, 0.717) is 17.1 Å². The number of phenols is 1. The number of phenolic OH excluding ortho intramolecular Hbond substituents is 1. The molecule has 21 heavy (non-hydrogen) atoms. The van der Waals surface area contributed by atoms with Crippen molar-refractivity contribution in [2.24, 2.45) is 0 Å². The highest BCUT2D eigenvalue weighted by molar-refractivity contribution is 6.10. The smallest absolute Gasteiger partial charge is 0.193 e. The van der Waals surface area contributed by atoms with Gasteiger partial charge in [0.05, 0.1) is 14.2 Å². The molecule has 2 aromatic carbocycles. The van der Waals surface area contributed by atoms with Gasteiger partial charge >= 0.3 is 0 Å². The molecule has 0 aliphatic carbocycles. The Hall–Kier alpha value is -2.75. The van der Waals surface area contributed by atoms with Gasteiger partial charge in [0.15, 0.2) is 5.78 Å². The Labute approximate surface area is 123 Å². The molecule has 0 spiro atoms. The molecule has 2 aromatic rings. The van der Waals surface area contributed by atoms with Crippen LogP contribution in [0, 0.1) is 0 Å². The minimum Gasteiger partial charge on any atom is -0.508 e. The molecule has 0 atom stereocenters. The summed E-state index contributed by atoms with van der Waals surface area (Å²) in [6.45, 7) is 0. The van der Waals surface area contributed by atoms with E-state index in [-0.39, 0.29) is 11.5 Å². The van der Waals surface area contributed by atoms with Crippen molar-refractivity contribution in [2.75, 3.05) is 14.2 Å². The van der Waals surface area contributed by atoms with Gasteiger partial charge in [-0.15, -0.1) is 0 Å². The molecule has 0 fully saturated rings. The molecule has 1 N–H and O–H groups in total. The van der Waals surface area contributed by atoms with Crippen LogP contribution in [0.4, 0.5) is 0 Å². The number of carbonyl (C=O) groups is 1. The molecule has 0 radical (unpaired) electrons. The number of hydrogen-bond donors (Lipinski definition) is 1. The Kier molecular flexibility index (Phi) is 4.61. The summed E-state index contributed by atoms with van der Waals surface area (Å²) in [6.07, 6.45) is 3.13. The number of hydrogen-bond acceptors (Lipinski definition) is 4. The molecule has 0 bridgehead atoms. The van der Waals surface area contributed by atoms with Crippen LogP contribution in [0.15, 0.2) is 48.5 Å². The van der Waals surface area contributed by atoms with Crippen molar-refractivity contribution in [3.05, 3.63) is 59.7 Å². The SMILES string of the molecule is COc1cccc(OC)c1C(=O)/C=C\c1ccc(O)cc1. The third kappa shape index (κ3) is 3.42. The van der Waals surface area contributed by atoms with E-state index in [9.17, 15) is 9.90 Å². The van der Waals surface area contributed by atoms with E-state index < -0.39 is 0 Å². The maximum atomic E-state index is 12.3. The van der Waals surface area contributed by atoms with Crippen LogP contribution >= 0.6 is 0 Å².